The summed E-state index contributed by atoms with van der Waals surface area (Å²) >= 11 is 0. The number of nitro groups is 1. The van der Waals surface area contributed by atoms with Crippen LogP contribution in [0.2, 0.25) is 0 Å². The van der Waals surface area contributed by atoms with Crippen molar-refractivity contribution in [3.05, 3.63) is 69.3 Å². The molecule has 0 bridgehead atoms. The number of halogens is 2. The van der Waals surface area contributed by atoms with Gasteiger partial charge in [-0.05, 0) is 25.1 Å². The van der Waals surface area contributed by atoms with Crippen LogP contribution in [0.1, 0.15) is 26.3 Å². The number of hydrogen-bond acceptors (Lipinski definition) is 6. The molecule has 0 N–H and O–H groups in total. The van der Waals surface area contributed by atoms with E-state index in [9.17, 15) is 28.5 Å². The van der Waals surface area contributed by atoms with Gasteiger partial charge in [-0.25, -0.2) is 4.79 Å². The van der Waals surface area contributed by atoms with Crippen LogP contribution in [0.5, 0.6) is 5.75 Å². The monoisotopic (exact) mass is 365 g/mol. The highest BCUT2D eigenvalue weighted by molar-refractivity contribution is 6.00. The summed E-state index contributed by atoms with van der Waals surface area (Å²) in [7, 11) is 0. The summed E-state index contributed by atoms with van der Waals surface area (Å²) in [5.74, 6) is -1.78. The van der Waals surface area contributed by atoms with Gasteiger partial charge in [0.25, 0.3) is 5.69 Å². The van der Waals surface area contributed by atoms with E-state index < -0.39 is 29.9 Å². The molecule has 2 aromatic rings. The molecule has 0 aliphatic heterocycles. The minimum atomic E-state index is -3.04. The van der Waals surface area contributed by atoms with Gasteiger partial charge in [0.15, 0.2) is 6.61 Å². The molecular weight excluding hydrogens is 352 g/mol. The van der Waals surface area contributed by atoms with Crippen molar-refractivity contribution in [1.82, 2.24) is 0 Å². The van der Waals surface area contributed by atoms with Crippen LogP contribution in [0.15, 0.2) is 42.5 Å². The quantitative estimate of drug-likeness (QED) is 0.322. The van der Waals surface area contributed by atoms with Crippen molar-refractivity contribution in [2.24, 2.45) is 0 Å². The van der Waals surface area contributed by atoms with Gasteiger partial charge in [0.2, 0.25) is 5.78 Å². The third-order valence-electron chi connectivity index (χ3n) is 3.36. The summed E-state index contributed by atoms with van der Waals surface area (Å²) in [6, 6.07) is 8.81. The minimum Gasteiger partial charge on any atom is -0.454 e. The lowest BCUT2D eigenvalue weighted by Gasteiger charge is -2.07. The predicted molar refractivity (Wildman–Crippen MR) is 85.5 cm³/mol. The Kier molecular flexibility index (Phi) is 5.94. The Morgan fingerprint density at radius 3 is 2.54 bits per heavy atom. The first-order valence-corrected chi connectivity index (χ1v) is 7.28. The lowest BCUT2D eigenvalue weighted by molar-refractivity contribution is -0.385. The highest BCUT2D eigenvalue weighted by Crippen LogP contribution is 2.20. The summed E-state index contributed by atoms with van der Waals surface area (Å²) in [5.41, 5.74) is 0.106. The summed E-state index contributed by atoms with van der Waals surface area (Å²) in [6.07, 6.45) is 0. The number of carbonyl (C=O) groups excluding carboxylic acids is 2. The van der Waals surface area contributed by atoms with Crippen molar-refractivity contribution >= 4 is 17.4 Å². The van der Waals surface area contributed by atoms with E-state index in [1.165, 1.54) is 37.3 Å². The molecule has 0 fully saturated rings. The van der Waals surface area contributed by atoms with Crippen LogP contribution in [-0.2, 0) is 4.74 Å². The molecule has 0 atom stereocenters. The number of alkyl halides is 2. The van der Waals surface area contributed by atoms with Crippen LogP contribution in [0.3, 0.4) is 0 Å². The van der Waals surface area contributed by atoms with E-state index in [1.54, 1.807) is 0 Å². The zero-order valence-corrected chi connectivity index (χ0v) is 13.5. The minimum absolute atomic E-state index is 0.0184. The molecule has 0 amide bonds. The highest BCUT2D eigenvalue weighted by atomic mass is 19.3. The molecule has 0 saturated heterocycles. The first-order chi connectivity index (χ1) is 12.3. The molecule has 0 heterocycles. The van der Waals surface area contributed by atoms with Crippen molar-refractivity contribution in [2.45, 2.75) is 13.5 Å². The van der Waals surface area contributed by atoms with Gasteiger partial charge in [-0.15, -0.1) is 0 Å². The Morgan fingerprint density at radius 2 is 1.88 bits per heavy atom. The standard InChI is InChI=1S/C17H13F2NO6/c1-10-5-6-11(8-14(10)20(23)24)15(21)9-25-16(22)12-3-2-4-13(7-12)26-17(18)19/h2-8,17H,9H2,1H3. The lowest BCUT2D eigenvalue weighted by atomic mass is 10.1. The number of Topliss-reactive ketones (excluding diaryl/α,β-unsaturated/α-hetero) is 1. The largest absolute Gasteiger partial charge is 0.454 e. The maximum absolute atomic E-state index is 12.2. The van der Waals surface area contributed by atoms with E-state index in [0.29, 0.717) is 5.56 Å². The average molecular weight is 365 g/mol. The summed E-state index contributed by atoms with van der Waals surface area (Å²) in [4.78, 5) is 34.3. The average Bonchev–Trinajstić information content (AvgIpc) is 2.59. The summed E-state index contributed by atoms with van der Waals surface area (Å²) < 4.78 is 33.4. The smallest absolute Gasteiger partial charge is 0.387 e. The van der Waals surface area contributed by atoms with Crippen LogP contribution in [-0.4, -0.2) is 29.9 Å². The normalized spacial score (nSPS) is 10.5. The number of esters is 1. The number of ether oxygens (including phenoxy) is 2. The number of nitro benzene ring substituents is 1. The number of aryl methyl sites for hydroxylation is 1. The molecular formula is C17H13F2NO6. The third-order valence-corrected chi connectivity index (χ3v) is 3.36. The zero-order chi connectivity index (χ0) is 19.3. The van der Waals surface area contributed by atoms with Crippen molar-refractivity contribution in [3.8, 4) is 5.75 Å². The molecule has 0 unspecified atom stereocenters. The Balaban J connectivity index is 2.04. The zero-order valence-electron chi connectivity index (χ0n) is 13.5. The molecule has 0 spiro atoms. The number of rotatable bonds is 7. The van der Waals surface area contributed by atoms with E-state index >= 15 is 0 Å². The molecule has 136 valence electrons. The Morgan fingerprint density at radius 1 is 1.15 bits per heavy atom. The maximum Gasteiger partial charge on any atom is 0.387 e. The van der Waals surface area contributed by atoms with Crippen LogP contribution in [0, 0.1) is 17.0 Å². The third kappa shape index (κ3) is 4.82. The van der Waals surface area contributed by atoms with Crippen molar-refractivity contribution in [1.29, 1.82) is 0 Å². The molecule has 2 aromatic carbocycles. The second-order valence-corrected chi connectivity index (χ2v) is 5.16. The second-order valence-electron chi connectivity index (χ2n) is 5.16. The van der Waals surface area contributed by atoms with Gasteiger partial charge < -0.3 is 9.47 Å². The van der Waals surface area contributed by atoms with Crippen LogP contribution < -0.4 is 4.74 Å². The van der Waals surface area contributed by atoms with Crippen molar-refractivity contribution in [3.63, 3.8) is 0 Å². The molecule has 0 radical (unpaired) electrons. The first kappa shape index (κ1) is 19.0. The summed E-state index contributed by atoms with van der Waals surface area (Å²) in [6.45, 7) is -2.17. The highest BCUT2D eigenvalue weighted by Gasteiger charge is 2.17. The molecule has 9 heteroatoms. The molecule has 2 rings (SSSR count). The molecule has 26 heavy (non-hydrogen) atoms. The number of ketones is 1. The number of carbonyl (C=O) groups is 2. The topological polar surface area (TPSA) is 95.7 Å². The summed E-state index contributed by atoms with van der Waals surface area (Å²) in [5, 5.41) is 10.9. The molecule has 0 aromatic heterocycles. The van der Waals surface area contributed by atoms with Crippen LogP contribution in [0.4, 0.5) is 14.5 Å². The Hall–Kier alpha value is -3.36. The van der Waals surface area contributed by atoms with E-state index in [-0.39, 0.29) is 22.6 Å². The van der Waals surface area contributed by atoms with E-state index in [1.807, 2.05) is 0 Å². The number of nitrogens with zero attached hydrogens (tertiary/aromatic N) is 1. The fourth-order valence-corrected chi connectivity index (χ4v) is 2.08. The van der Waals surface area contributed by atoms with Gasteiger partial charge in [-0.1, -0.05) is 18.2 Å². The number of hydrogen-bond donors (Lipinski definition) is 0. The van der Waals surface area contributed by atoms with Gasteiger partial charge in [-0.3, -0.25) is 14.9 Å². The van der Waals surface area contributed by atoms with Gasteiger partial charge >= 0.3 is 12.6 Å². The molecule has 0 aliphatic carbocycles. The second kappa shape index (κ2) is 8.15. The van der Waals surface area contributed by atoms with Gasteiger partial charge in [0, 0.05) is 17.2 Å². The van der Waals surface area contributed by atoms with Crippen molar-refractivity contribution < 1.29 is 32.8 Å². The SMILES string of the molecule is Cc1ccc(C(=O)COC(=O)c2cccc(OC(F)F)c2)cc1[N+](=O)[O-]. The van der Waals surface area contributed by atoms with Crippen LogP contribution >= 0.6 is 0 Å². The Labute approximate surface area is 146 Å². The molecule has 0 aliphatic rings. The number of benzene rings is 2. The molecule has 0 saturated carbocycles. The van der Waals surface area contributed by atoms with Crippen LogP contribution in [0.25, 0.3) is 0 Å². The fraction of sp³-hybridized carbons (Fsp3) is 0.176. The Bertz CT molecular complexity index is 853. The molecule has 7 nitrogen and oxygen atoms in total. The lowest BCUT2D eigenvalue weighted by Crippen LogP contribution is -2.15. The maximum atomic E-state index is 12.2. The van der Waals surface area contributed by atoms with E-state index in [4.69, 9.17) is 4.74 Å². The van der Waals surface area contributed by atoms with E-state index in [0.717, 1.165) is 12.1 Å². The fourth-order valence-electron chi connectivity index (χ4n) is 2.08. The van der Waals surface area contributed by atoms with Gasteiger partial charge in [0.1, 0.15) is 5.75 Å². The predicted octanol–water partition coefficient (Wildman–Crippen LogP) is 3.54. The van der Waals surface area contributed by atoms with Crippen molar-refractivity contribution in [2.75, 3.05) is 6.61 Å². The van der Waals surface area contributed by atoms with E-state index in [2.05, 4.69) is 4.74 Å². The first-order valence-electron chi connectivity index (χ1n) is 7.28. The van der Waals surface area contributed by atoms with Gasteiger partial charge in [-0.2, -0.15) is 8.78 Å². The van der Waals surface area contributed by atoms with Gasteiger partial charge in [0.05, 0.1) is 10.5 Å².